The maximum Gasteiger partial charge on any atom is 0.270 e. The Balaban J connectivity index is 1.75. The second-order valence-corrected chi connectivity index (χ2v) is 9.38. The summed E-state index contributed by atoms with van der Waals surface area (Å²) in [5.74, 6) is 0.167. The molecular weight excluding hydrogens is 482 g/mol. The number of carbonyl (C=O) groups excluding carboxylic acids is 1. The molecule has 3 rings (SSSR count). The van der Waals surface area contributed by atoms with Crippen molar-refractivity contribution < 1.29 is 14.5 Å². The average Bonchev–Trinajstić information content (AvgIpc) is 3.19. The number of halogens is 1. The summed E-state index contributed by atoms with van der Waals surface area (Å²) in [7, 11) is 0. The summed E-state index contributed by atoms with van der Waals surface area (Å²) in [5.41, 5.74) is 0.475. The number of carbonyl (C=O) groups is 1. The van der Waals surface area contributed by atoms with Crippen LogP contribution < -0.4 is 10.6 Å². The number of nitrogens with zero attached hydrogens (tertiary/aromatic N) is 5. The predicted molar refractivity (Wildman–Crippen MR) is 132 cm³/mol. The van der Waals surface area contributed by atoms with E-state index in [0.29, 0.717) is 48.2 Å². The molecule has 0 saturated heterocycles. The molecule has 34 heavy (non-hydrogen) atoms. The number of nitro groups is 1. The van der Waals surface area contributed by atoms with Gasteiger partial charge in [0.25, 0.3) is 11.6 Å². The third-order valence-electron chi connectivity index (χ3n) is 4.57. The van der Waals surface area contributed by atoms with Gasteiger partial charge in [0.2, 0.25) is 0 Å². The standard InChI is InChI=1S/C21H26ClN7O4S/c1-4-33-10-8-23-18-16-12-25-28(19(16)27-21(26-18)34-13(2)3)9-7-24-20(30)15-11-14(29(31)32)5-6-17(15)22/h5-6,11-13H,4,7-10H2,1-3H3,(H,24,30)(H,23,26,27). The Morgan fingerprint density at radius 1 is 1.32 bits per heavy atom. The minimum atomic E-state index is -0.574. The van der Waals surface area contributed by atoms with Crippen molar-refractivity contribution in [2.45, 2.75) is 37.7 Å². The Morgan fingerprint density at radius 3 is 2.82 bits per heavy atom. The number of fused-ring (bicyclic) bond motifs is 1. The Morgan fingerprint density at radius 2 is 2.12 bits per heavy atom. The molecule has 2 heterocycles. The molecule has 182 valence electrons. The van der Waals surface area contributed by atoms with Crippen LogP contribution in [0.1, 0.15) is 31.1 Å². The van der Waals surface area contributed by atoms with Crippen molar-refractivity contribution in [2.24, 2.45) is 0 Å². The van der Waals surface area contributed by atoms with Crippen LogP contribution in [0.3, 0.4) is 0 Å². The number of non-ortho nitro benzene ring substituents is 1. The van der Waals surface area contributed by atoms with Crippen molar-refractivity contribution in [1.29, 1.82) is 0 Å². The topological polar surface area (TPSA) is 137 Å². The zero-order valence-corrected chi connectivity index (χ0v) is 20.6. The number of anilines is 1. The third kappa shape index (κ3) is 6.55. The Labute approximate surface area is 205 Å². The minimum Gasteiger partial charge on any atom is -0.380 e. The normalized spacial score (nSPS) is 11.2. The van der Waals surface area contributed by atoms with Gasteiger partial charge >= 0.3 is 0 Å². The van der Waals surface area contributed by atoms with Crippen molar-refractivity contribution in [3.8, 4) is 0 Å². The number of ether oxygens (including phenoxy) is 1. The molecule has 0 spiro atoms. The van der Waals surface area contributed by atoms with Gasteiger partial charge in [-0.1, -0.05) is 37.2 Å². The molecular formula is C21H26ClN7O4S. The van der Waals surface area contributed by atoms with Crippen LogP contribution in [0, 0.1) is 10.1 Å². The summed E-state index contributed by atoms with van der Waals surface area (Å²) < 4.78 is 7.07. The highest BCUT2D eigenvalue weighted by atomic mass is 35.5. The molecule has 1 amide bonds. The van der Waals surface area contributed by atoms with Crippen LogP contribution in [0.2, 0.25) is 5.02 Å². The molecule has 0 fully saturated rings. The molecule has 0 unspecified atom stereocenters. The van der Waals surface area contributed by atoms with Crippen LogP contribution in [-0.4, -0.2) is 62.1 Å². The molecule has 0 saturated carbocycles. The van der Waals surface area contributed by atoms with Crippen LogP contribution in [0.15, 0.2) is 29.6 Å². The first-order valence-corrected chi connectivity index (χ1v) is 12.0. The smallest absolute Gasteiger partial charge is 0.270 e. The van der Waals surface area contributed by atoms with E-state index in [0.717, 1.165) is 11.5 Å². The van der Waals surface area contributed by atoms with E-state index in [1.807, 2.05) is 6.92 Å². The maximum atomic E-state index is 12.5. The number of aromatic nitrogens is 4. The first kappa shape index (κ1) is 25.7. The first-order chi connectivity index (χ1) is 16.3. The van der Waals surface area contributed by atoms with Crippen molar-refractivity contribution in [1.82, 2.24) is 25.1 Å². The van der Waals surface area contributed by atoms with Crippen LogP contribution in [0.5, 0.6) is 0 Å². The van der Waals surface area contributed by atoms with Crippen molar-refractivity contribution in [3.63, 3.8) is 0 Å². The van der Waals surface area contributed by atoms with Gasteiger partial charge in [-0.05, 0) is 13.0 Å². The van der Waals surface area contributed by atoms with Gasteiger partial charge in [-0.25, -0.2) is 14.6 Å². The van der Waals surface area contributed by atoms with Crippen molar-refractivity contribution in [2.75, 3.05) is 31.6 Å². The highest BCUT2D eigenvalue weighted by Crippen LogP contribution is 2.26. The molecule has 2 aromatic heterocycles. The maximum absolute atomic E-state index is 12.5. The van der Waals surface area contributed by atoms with Gasteiger partial charge in [0.1, 0.15) is 5.82 Å². The lowest BCUT2D eigenvalue weighted by Crippen LogP contribution is -2.28. The molecule has 0 aliphatic heterocycles. The van der Waals surface area contributed by atoms with Gasteiger partial charge in [-0.15, -0.1) is 0 Å². The van der Waals surface area contributed by atoms with Gasteiger partial charge < -0.3 is 15.4 Å². The van der Waals surface area contributed by atoms with Crippen LogP contribution in [0.25, 0.3) is 11.0 Å². The number of nitrogens with one attached hydrogen (secondary N) is 2. The van der Waals surface area contributed by atoms with Crippen molar-refractivity contribution >= 4 is 51.8 Å². The lowest BCUT2D eigenvalue weighted by molar-refractivity contribution is -0.384. The van der Waals surface area contributed by atoms with E-state index in [-0.39, 0.29) is 22.8 Å². The number of rotatable bonds is 12. The summed E-state index contributed by atoms with van der Waals surface area (Å²) in [4.78, 5) is 32.2. The number of amides is 1. The number of hydrogen-bond donors (Lipinski definition) is 2. The molecule has 13 heteroatoms. The second kappa shape index (κ2) is 12.0. The third-order valence-corrected chi connectivity index (χ3v) is 5.77. The molecule has 0 atom stereocenters. The predicted octanol–water partition coefficient (Wildman–Crippen LogP) is 3.77. The summed E-state index contributed by atoms with van der Waals surface area (Å²) >= 11 is 7.59. The van der Waals surface area contributed by atoms with Gasteiger partial charge in [-0.3, -0.25) is 14.9 Å². The lowest BCUT2D eigenvalue weighted by Gasteiger charge is -2.11. The highest BCUT2D eigenvalue weighted by Gasteiger charge is 2.17. The fourth-order valence-corrected chi connectivity index (χ4v) is 3.96. The second-order valence-electron chi connectivity index (χ2n) is 7.43. The fourth-order valence-electron chi connectivity index (χ4n) is 3.05. The number of benzene rings is 1. The zero-order valence-electron chi connectivity index (χ0n) is 19.1. The molecule has 0 radical (unpaired) electrons. The monoisotopic (exact) mass is 507 g/mol. The molecule has 3 aromatic rings. The summed E-state index contributed by atoms with van der Waals surface area (Å²) in [5, 5.41) is 23.2. The number of hydrogen-bond acceptors (Lipinski definition) is 9. The lowest BCUT2D eigenvalue weighted by atomic mass is 10.2. The van der Waals surface area contributed by atoms with E-state index in [1.54, 1.807) is 22.6 Å². The van der Waals surface area contributed by atoms with Crippen LogP contribution >= 0.6 is 23.4 Å². The quantitative estimate of drug-likeness (QED) is 0.123. The molecule has 2 N–H and O–H groups in total. The summed E-state index contributed by atoms with van der Waals surface area (Å²) in [6, 6.07) is 3.74. The number of nitro benzene ring substituents is 1. The Hall–Kier alpha value is -2.96. The van der Waals surface area contributed by atoms with E-state index >= 15 is 0 Å². The molecule has 0 bridgehead atoms. The highest BCUT2D eigenvalue weighted by molar-refractivity contribution is 7.99. The van der Waals surface area contributed by atoms with E-state index in [4.69, 9.17) is 16.3 Å². The first-order valence-electron chi connectivity index (χ1n) is 10.7. The Bertz CT molecular complexity index is 1170. The Kier molecular flexibility index (Phi) is 9.02. The van der Waals surface area contributed by atoms with E-state index in [2.05, 4.69) is 39.5 Å². The van der Waals surface area contributed by atoms with Gasteiger partial charge in [-0.2, -0.15) is 5.10 Å². The largest absolute Gasteiger partial charge is 0.380 e. The fraction of sp³-hybridized carbons (Fsp3) is 0.429. The van der Waals surface area contributed by atoms with Crippen molar-refractivity contribution in [3.05, 3.63) is 45.1 Å². The number of thioether (sulfide) groups is 1. The molecule has 1 aromatic carbocycles. The van der Waals surface area contributed by atoms with Crippen LogP contribution in [0.4, 0.5) is 11.5 Å². The summed E-state index contributed by atoms with van der Waals surface area (Å²) in [6.45, 7) is 8.41. The van der Waals surface area contributed by atoms with Gasteiger partial charge in [0, 0.05) is 37.1 Å². The van der Waals surface area contributed by atoms with Crippen LogP contribution in [-0.2, 0) is 11.3 Å². The minimum absolute atomic E-state index is 0.0416. The van der Waals surface area contributed by atoms with E-state index < -0.39 is 10.8 Å². The average molecular weight is 508 g/mol. The zero-order chi connectivity index (χ0) is 24.7. The summed E-state index contributed by atoms with van der Waals surface area (Å²) in [6.07, 6.45) is 1.68. The van der Waals surface area contributed by atoms with E-state index in [9.17, 15) is 14.9 Å². The van der Waals surface area contributed by atoms with Gasteiger partial charge in [0.15, 0.2) is 10.8 Å². The van der Waals surface area contributed by atoms with Gasteiger partial charge in [0.05, 0.1) is 40.2 Å². The SMILES string of the molecule is CCOCCNc1nc(SC(C)C)nc2c1cnn2CCNC(=O)c1cc([N+](=O)[O-])ccc1Cl. The van der Waals surface area contributed by atoms with E-state index in [1.165, 1.54) is 12.1 Å². The molecule has 11 nitrogen and oxygen atoms in total. The molecule has 0 aliphatic rings. The molecule has 0 aliphatic carbocycles.